The molecule has 0 aliphatic carbocycles. The SMILES string of the molecule is COc1ccc2c(c1)OC(Cc1ccccn1)C2=O. The first kappa shape index (κ1) is 11.7. The Balaban J connectivity index is 1.83. The second-order valence-electron chi connectivity index (χ2n) is 4.36. The summed E-state index contributed by atoms with van der Waals surface area (Å²) in [5.41, 5.74) is 1.46. The Morgan fingerprint density at radius 1 is 1.32 bits per heavy atom. The molecular weight excluding hydrogens is 242 g/mol. The molecule has 0 saturated heterocycles. The van der Waals surface area contributed by atoms with Gasteiger partial charge in [-0.05, 0) is 24.3 Å². The Hall–Kier alpha value is -2.36. The topological polar surface area (TPSA) is 48.4 Å². The van der Waals surface area contributed by atoms with Crippen LogP contribution in [0.25, 0.3) is 0 Å². The van der Waals surface area contributed by atoms with E-state index in [0.29, 0.717) is 23.5 Å². The van der Waals surface area contributed by atoms with Gasteiger partial charge >= 0.3 is 0 Å². The normalized spacial score (nSPS) is 16.9. The zero-order valence-corrected chi connectivity index (χ0v) is 10.5. The van der Waals surface area contributed by atoms with Crippen molar-refractivity contribution in [3.63, 3.8) is 0 Å². The summed E-state index contributed by atoms with van der Waals surface area (Å²) in [5, 5.41) is 0. The molecule has 0 fully saturated rings. The number of pyridine rings is 1. The molecule has 1 aliphatic heterocycles. The van der Waals surface area contributed by atoms with Gasteiger partial charge in [0.05, 0.1) is 12.7 Å². The number of fused-ring (bicyclic) bond motifs is 1. The van der Waals surface area contributed by atoms with Crippen LogP contribution < -0.4 is 9.47 Å². The fourth-order valence-electron chi connectivity index (χ4n) is 2.15. The zero-order valence-electron chi connectivity index (χ0n) is 10.5. The summed E-state index contributed by atoms with van der Waals surface area (Å²) < 4.78 is 10.8. The maximum absolute atomic E-state index is 12.2. The van der Waals surface area contributed by atoms with Crippen LogP contribution in [0.2, 0.25) is 0 Å². The van der Waals surface area contributed by atoms with Crippen LogP contribution in [0.4, 0.5) is 0 Å². The van der Waals surface area contributed by atoms with Crippen LogP contribution >= 0.6 is 0 Å². The molecule has 2 heterocycles. The second-order valence-corrected chi connectivity index (χ2v) is 4.36. The number of nitrogens with zero attached hydrogens (tertiary/aromatic N) is 1. The lowest BCUT2D eigenvalue weighted by Crippen LogP contribution is -2.23. The molecular formula is C15H13NO3. The molecule has 1 aliphatic rings. The van der Waals surface area contributed by atoms with E-state index in [2.05, 4.69) is 4.98 Å². The van der Waals surface area contributed by atoms with Gasteiger partial charge in [0.15, 0.2) is 6.10 Å². The number of methoxy groups -OCH3 is 1. The monoisotopic (exact) mass is 255 g/mol. The molecule has 0 spiro atoms. The number of benzene rings is 1. The van der Waals surface area contributed by atoms with E-state index in [1.807, 2.05) is 18.2 Å². The lowest BCUT2D eigenvalue weighted by Gasteiger charge is -2.08. The molecule has 1 atom stereocenters. The lowest BCUT2D eigenvalue weighted by atomic mass is 10.0. The van der Waals surface area contributed by atoms with E-state index in [1.54, 1.807) is 31.5 Å². The van der Waals surface area contributed by atoms with Crippen molar-refractivity contribution in [1.29, 1.82) is 0 Å². The first-order valence-corrected chi connectivity index (χ1v) is 6.07. The quantitative estimate of drug-likeness (QED) is 0.844. The molecule has 0 radical (unpaired) electrons. The third-order valence-corrected chi connectivity index (χ3v) is 3.14. The molecule has 4 nitrogen and oxygen atoms in total. The highest BCUT2D eigenvalue weighted by Crippen LogP contribution is 2.33. The van der Waals surface area contributed by atoms with Crippen LogP contribution in [-0.4, -0.2) is 24.0 Å². The molecule has 1 unspecified atom stereocenters. The number of Topliss-reactive ketones (excluding diaryl/α,β-unsaturated/α-hetero) is 1. The van der Waals surface area contributed by atoms with Gasteiger partial charge in [0.1, 0.15) is 11.5 Å². The zero-order chi connectivity index (χ0) is 13.2. The lowest BCUT2D eigenvalue weighted by molar-refractivity contribution is 0.0856. The Bertz CT molecular complexity index is 610. The van der Waals surface area contributed by atoms with E-state index in [9.17, 15) is 4.79 Å². The predicted octanol–water partition coefficient (Wildman–Crippen LogP) is 2.28. The molecule has 3 rings (SSSR count). The number of hydrogen-bond acceptors (Lipinski definition) is 4. The van der Waals surface area contributed by atoms with Crippen molar-refractivity contribution in [2.24, 2.45) is 0 Å². The minimum atomic E-state index is -0.489. The van der Waals surface area contributed by atoms with Gasteiger partial charge in [-0.25, -0.2) is 0 Å². The third-order valence-electron chi connectivity index (χ3n) is 3.14. The maximum Gasteiger partial charge on any atom is 0.207 e. The number of carbonyl (C=O) groups is 1. The maximum atomic E-state index is 12.2. The third kappa shape index (κ3) is 2.17. The number of ether oxygens (including phenoxy) is 2. The van der Waals surface area contributed by atoms with E-state index >= 15 is 0 Å². The van der Waals surface area contributed by atoms with E-state index < -0.39 is 6.10 Å². The van der Waals surface area contributed by atoms with Crippen molar-refractivity contribution in [3.05, 3.63) is 53.9 Å². The molecule has 96 valence electrons. The van der Waals surface area contributed by atoms with Gasteiger partial charge in [-0.1, -0.05) is 6.07 Å². The largest absolute Gasteiger partial charge is 0.497 e. The number of rotatable bonds is 3. The van der Waals surface area contributed by atoms with Gasteiger partial charge in [0.25, 0.3) is 0 Å². The van der Waals surface area contributed by atoms with Gasteiger partial charge in [-0.2, -0.15) is 0 Å². The standard InChI is InChI=1S/C15H13NO3/c1-18-11-5-6-12-13(9-11)19-14(15(12)17)8-10-4-2-3-7-16-10/h2-7,9,14H,8H2,1H3. The summed E-state index contributed by atoms with van der Waals surface area (Å²) in [7, 11) is 1.59. The average molecular weight is 255 g/mol. The fourth-order valence-corrected chi connectivity index (χ4v) is 2.15. The molecule has 19 heavy (non-hydrogen) atoms. The summed E-state index contributed by atoms with van der Waals surface area (Å²) in [6.45, 7) is 0. The fraction of sp³-hybridized carbons (Fsp3) is 0.200. The average Bonchev–Trinajstić information content (AvgIpc) is 2.76. The highest BCUT2D eigenvalue weighted by atomic mass is 16.5. The van der Waals surface area contributed by atoms with Crippen molar-refractivity contribution in [3.8, 4) is 11.5 Å². The molecule has 0 N–H and O–H groups in total. The molecule has 1 aromatic carbocycles. The van der Waals surface area contributed by atoms with Gasteiger partial charge < -0.3 is 9.47 Å². The van der Waals surface area contributed by atoms with Crippen LogP contribution in [0.1, 0.15) is 16.1 Å². The van der Waals surface area contributed by atoms with Crippen LogP contribution in [-0.2, 0) is 6.42 Å². The Morgan fingerprint density at radius 2 is 2.21 bits per heavy atom. The number of aromatic nitrogens is 1. The van der Waals surface area contributed by atoms with Gasteiger partial charge in [-0.3, -0.25) is 9.78 Å². The summed E-state index contributed by atoms with van der Waals surface area (Å²) in [6.07, 6.45) is 1.71. The Morgan fingerprint density at radius 3 is 2.95 bits per heavy atom. The Labute approximate surface area is 111 Å². The first-order chi connectivity index (χ1) is 9.28. The molecule has 0 bridgehead atoms. The Kier molecular flexibility index (Phi) is 2.91. The van der Waals surface area contributed by atoms with Crippen LogP contribution in [0.3, 0.4) is 0 Å². The van der Waals surface area contributed by atoms with Gasteiger partial charge in [0.2, 0.25) is 5.78 Å². The number of carbonyl (C=O) groups excluding carboxylic acids is 1. The van der Waals surface area contributed by atoms with Gasteiger partial charge in [0, 0.05) is 24.4 Å². The predicted molar refractivity (Wildman–Crippen MR) is 69.7 cm³/mol. The summed E-state index contributed by atoms with van der Waals surface area (Å²) in [5.74, 6) is 1.28. The summed E-state index contributed by atoms with van der Waals surface area (Å²) in [6, 6.07) is 10.9. The second kappa shape index (κ2) is 4.72. The van der Waals surface area contributed by atoms with Gasteiger partial charge in [-0.15, -0.1) is 0 Å². The van der Waals surface area contributed by atoms with Crippen molar-refractivity contribution < 1.29 is 14.3 Å². The van der Waals surface area contributed by atoms with Crippen molar-refractivity contribution in [2.45, 2.75) is 12.5 Å². The van der Waals surface area contributed by atoms with Crippen molar-refractivity contribution in [1.82, 2.24) is 4.98 Å². The minimum Gasteiger partial charge on any atom is -0.497 e. The number of hydrogen-bond donors (Lipinski definition) is 0. The van der Waals surface area contributed by atoms with Crippen LogP contribution in [0, 0.1) is 0 Å². The first-order valence-electron chi connectivity index (χ1n) is 6.07. The van der Waals surface area contributed by atoms with Crippen molar-refractivity contribution in [2.75, 3.05) is 7.11 Å². The molecule has 4 heteroatoms. The van der Waals surface area contributed by atoms with E-state index in [0.717, 1.165) is 5.69 Å². The molecule has 1 aromatic heterocycles. The summed E-state index contributed by atoms with van der Waals surface area (Å²) in [4.78, 5) is 16.4. The molecule has 0 amide bonds. The van der Waals surface area contributed by atoms with Crippen molar-refractivity contribution >= 4 is 5.78 Å². The highest BCUT2D eigenvalue weighted by molar-refractivity contribution is 6.04. The smallest absolute Gasteiger partial charge is 0.207 e. The van der Waals surface area contributed by atoms with Crippen LogP contribution in [0.15, 0.2) is 42.6 Å². The van der Waals surface area contributed by atoms with E-state index in [-0.39, 0.29) is 5.78 Å². The molecule has 0 saturated carbocycles. The van der Waals surface area contributed by atoms with E-state index in [1.165, 1.54) is 0 Å². The number of ketones is 1. The van der Waals surface area contributed by atoms with E-state index in [4.69, 9.17) is 9.47 Å². The van der Waals surface area contributed by atoms with Crippen LogP contribution in [0.5, 0.6) is 11.5 Å². The highest BCUT2D eigenvalue weighted by Gasteiger charge is 2.32. The molecule has 2 aromatic rings. The summed E-state index contributed by atoms with van der Waals surface area (Å²) >= 11 is 0. The minimum absolute atomic E-state index is 0.00306.